The molecule has 1 heterocycles. The number of rotatable bonds is 3. The second-order valence-corrected chi connectivity index (χ2v) is 2.81. The Labute approximate surface area is 88.7 Å². The molecule has 1 aromatic rings. The van der Waals surface area contributed by atoms with E-state index in [0.717, 1.165) is 6.20 Å². The first-order valence-electron chi connectivity index (χ1n) is 4.38. The Morgan fingerprint density at radius 2 is 2.25 bits per heavy atom. The second-order valence-electron chi connectivity index (χ2n) is 2.81. The van der Waals surface area contributed by atoms with Crippen LogP contribution in [-0.4, -0.2) is 22.7 Å². The van der Waals surface area contributed by atoms with E-state index >= 15 is 0 Å². The molecule has 16 heavy (non-hydrogen) atoms. The van der Waals surface area contributed by atoms with Crippen LogP contribution >= 0.6 is 0 Å². The van der Waals surface area contributed by atoms with Gasteiger partial charge in [-0.25, -0.2) is 13.6 Å². The van der Waals surface area contributed by atoms with Crippen molar-refractivity contribution in [2.24, 2.45) is 0 Å². The Morgan fingerprint density at radius 1 is 1.62 bits per heavy atom. The fraction of sp³-hybridized carbons (Fsp3) is 0.333. The van der Waals surface area contributed by atoms with Crippen LogP contribution in [0.3, 0.4) is 0 Å². The summed E-state index contributed by atoms with van der Waals surface area (Å²) in [5.74, 6) is -2.14. The third-order valence-electron chi connectivity index (χ3n) is 1.80. The summed E-state index contributed by atoms with van der Waals surface area (Å²) in [4.78, 5) is 24.4. The zero-order chi connectivity index (χ0) is 12.3. The monoisotopic (exact) mass is 233 g/mol. The molecule has 1 aromatic heterocycles. The maximum absolute atomic E-state index is 12.2. The molecule has 0 saturated carbocycles. The van der Waals surface area contributed by atoms with Crippen molar-refractivity contribution in [1.29, 1.82) is 0 Å². The Balaban J connectivity index is 3.22. The minimum Gasteiger partial charge on any atom is -0.503 e. The van der Waals surface area contributed by atoms with Crippen molar-refractivity contribution in [3.63, 3.8) is 0 Å². The molecule has 88 valence electrons. The van der Waals surface area contributed by atoms with Gasteiger partial charge in [0.15, 0.2) is 5.75 Å². The summed E-state index contributed by atoms with van der Waals surface area (Å²) in [6.45, 7) is 1.56. The fourth-order valence-electron chi connectivity index (χ4n) is 1.06. The number of hydrogen-bond donors (Lipinski definition) is 2. The van der Waals surface area contributed by atoms with E-state index in [4.69, 9.17) is 5.11 Å². The van der Waals surface area contributed by atoms with Gasteiger partial charge in [0.1, 0.15) is 11.3 Å². The summed E-state index contributed by atoms with van der Waals surface area (Å²) in [5.41, 5.74) is -2.60. The minimum absolute atomic E-state index is 0.0373. The van der Waals surface area contributed by atoms with Crippen molar-refractivity contribution in [3.05, 3.63) is 27.7 Å². The smallest absolute Gasteiger partial charge is 0.343 e. The first-order valence-corrected chi connectivity index (χ1v) is 4.38. The van der Waals surface area contributed by atoms with Crippen LogP contribution in [0.2, 0.25) is 0 Å². The van der Waals surface area contributed by atoms with Crippen LogP contribution in [-0.2, 0) is 4.74 Å². The predicted molar refractivity (Wildman–Crippen MR) is 49.6 cm³/mol. The maximum Gasteiger partial charge on any atom is 0.343 e. The zero-order valence-corrected chi connectivity index (χ0v) is 8.29. The van der Waals surface area contributed by atoms with Crippen LogP contribution in [0, 0.1) is 0 Å². The van der Waals surface area contributed by atoms with Crippen molar-refractivity contribution >= 4 is 5.97 Å². The number of aromatic nitrogens is 1. The highest BCUT2D eigenvalue weighted by Gasteiger charge is 2.21. The van der Waals surface area contributed by atoms with E-state index in [2.05, 4.69) is 4.74 Å². The van der Waals surface area contributed by atoms with Crippen LogP contribution in [0.25, 0.3) is 0 Å². The van der Waals surface area contributed by atoms with E-state index in [-0.39, 0.29) is 6.61 Å². The topological polar surface area (TPSA) is 79.4 Å². The number of nitrogens with one attached hydrogen (secondary N) is 1. The van der Waals surface area contributed by atoms with Gasteiger partial charge in [-0.15, -0.1) is 0 Å². The number of hydrogen-bond acceptors (Lipinski definition) is 4. The second kappa shape index (κ2) is 4.73. The highest BCUT2D eigenvalue weighted by molar-refractivity contribution is 5.89. The quantitative estimate of drug-likeness (QED) is 0.768. The molecule has 0 atom stereocenters. The lowest BCUT2D eigenvalue weighted by molar-refractivity contribution is 0.0523. The standard InChI is InChI=1S/C9H9F2NO4/c1-2-16-9(15)4-3-12-5(8(10)11)7(14)6(4)13/h3,8,14H,2H2,1H3,(H,12,13). The summed E-state index contributed by atoms with van der Waals surface area (Å²) >= 11 is 0. The van der Waals surface area contributed by atoms with Gasteiger partial charge in [-0.1, -0.05) is 0 Å². The molecule has 2 N–H and O–H groups in total. The van der Waals surface area contributed by atoms with Gasteiger partial charge in [0.2, 0.25) is 5.43 Å². The number of carbonyl (C=O) groups is 1. The predicted octanol–water partition coefficient (Wildman–Crippen LogP) is 1.19. The number of pyridine rings is 1. The molecular weight excluding hydrogens is 224 g/mol. The number of aromatic amines is 1. The lowest BCUT2D eigenvalue weighted by atomic mass is 10.2. The maximum atomic E-state index is 12.2. The number of aromatic hydroxyl groups is 1. The molecule has 0 radical (unpaired) electrons. The summed E-state index contributed by atoms with van der Waals surface area (Å²) in [5, 5.41) is 9.13. The SMILES string of the molecule is CCOC(=O)c1c[nH]c(C(F)F)c(O)c1=O. The van der Waals surface area contributed by atoms with Gasteiger partial charge >= 0.3 is 5.97 Å². The lowest BCUT2D eigenvalue weighted by Gasteiger charge is -2.05. The van der Waals surface area contributed by atoms with Crippen molar-refractivity contribution in [1.82, 2.24) is 4.98 Å². The van der Waals surface area contributed by atoms with Gasteiger partial charge in [0.25, 0.3) is 6.43 Å². The lowest BCUT2D eigenvalue weighted by Crippen LogP contribution is -2.19. The van der Waals surface area contributed by atoms with Crippen molar-refractivity contribution < 1.29 is 23.4 Å². The molecule has 0 unspecified atom stereocenters. The molecule has 7 heteroatoms. The van der Waals surface area contributed by atoms with E-state index in [1.165, 1.54) is 6.92 Å². The number of halogens is 2. The van der Waals surface area contributed by atoms with Gasteiger partial charge in [-0.05, 0) is 6.92 Å². The van der Waals surface area contributed by atoms with Crippen LogP contribution in [0.15, 0.2) is 11.0 Å². The van der Waals surface area contributed by atoms with Gasteiger partial charge in [0.05, 0.1) is 6.61 Å². The largest absolute Gasteiger partial charge is 0.503 e. The van der Waals surface area contributed by atoms with Crippen molar-refractivity contribution in [3.8, 4) is 5.75 Å². The molecule has 5 nitrogen and oxygen atoms in total. The summed E-state index contributed by atoms with van der Waals surface area (Å²) in [7, 11) is 0. The average Bonchev–Trinajstić information content (AvgIpc) is 2.21. The molecule has 1 rings (SSSR count). The Hall–Kier alpha value is -1.92. The number of esters is 1. The summed E-state index contributed by atoms with van der Waals surface area (Å²) < 4.78 is 29.0. The number of alkyl halides is 2. The molecule has 0 amide bonds. The minimum atomic E-state index is -3.02. The van der Waals surface area contributed by atoms with E-state index in [0.29, 0.717) is 0 Å². The molecule has 0 fully saturated rings. The van der Waals surface area contributed by atoms with Crippen LogP contribution in [0.5, 0.6) is 5.75 Å². The molecular formula is C9H9F2NO4. The Morgan fingerprint density at radius 3 is 2.75 bits per heavy atom. The molecule has 0 aliphatic carbocycles. The first-order chi connectivity index (χ1) is 7.49. The van der Waals surface area contributed by atoms with E-state index in [9.17, 15) is 18.4 Å². The van der Waals surface area contributed by atoms with Gasteiger partial charge in [0, 0.05) is 6.20 Å². The van der Waals surface area contributed by atoms with Gasteiger partial charge in [-0.3, -0.25) is 4.79 Å². The van der Waals surface area contributed by atoms with Gasteiger partial charge in [-0.2, -0.15) is 0 Å². The third kappa shape index (κ3) is 2.18. The first kappa shape index (κ1) is 12.2. The number of ether oxygens (including phenoxy) is 1. The van der Waals surface area contributed by atoms with E-state index in [1.54, 1.807) is 0 Å². The molecule has 0 spiro atoms. The van der Waals surface area contributed by atoms with Gasteiger partial charge < -0.3 is 14.8 Å². The molecule has 0 bridgehead atoms. The molecule has 0 aromatic carbocycles. The van der Waals surface area contributed by atoms with Crippen molar-refractivity contribution in [2.75, 3.05) is 6.61 Å². The highest BCUT2D eigenvalue weighted by atomic mass is 19.3. The zero-order valence-electron chi connectivity index (χ0n) is 8.29. The molecule has 0 saturated heterocycles. The summed E-state index contributed by atoms with van der Waals surface area (Å²) in [6.07, 6.45) is -2.23. The molecule has 0 aliphatic rings. The number of carbonyl (C=O) groups excluding carboxylic acids is 1. The van der Waals surface area contributed by atoms with Crippen molar-refractivity contribution in [2.45, 2.75) is 13.3 Å². The average molecular weight is 233 g/mol. The fourth-order valence-corrected chi connectivity index (χ4v) is 1.06. The number of H-pyrrole nitrogens is 1. The third-order valence-corrected chi connectivity index (χ3v) is 1.80. The van der Waals surface area contributed by atoms with Crippen LogP contribution in [0.1, 0.15) is 29.4 Å². The Kier molecular flexibility index (Phi) is 3.60. The van der Waals surface area contributed by atoms with E-state index in [1.807, 2.05) is 4.98 Å². The van der Waals surface area contributed by atoms with Crippen LogP contribution in [0.4, 0.5) is 8.78 Å². The summed E-state index contributed by atoms with van der Waals surface area (Å²) in [6, 6.07) is 0. The highest BCUT2D eigenvalue weighted by Crippen LogP contribution is 2.22. The Bertz CT molecular complexity index is 455. The molecule has 0 aliphatic heterocycles. The van der Waals surface area contributed by atoms with E-state index < -0.39 is 34.8 Å². The normalized spacial score (nSPS) is 10.5. The van der Waals surface area contributed by atoms with Crippen LogP contribution < -0.4 is 5.43 Å².